The lowest BCUT2D eigenvalue weighted by Crippen LogP contribution is -2.22. The van der Waals surface area contributed by atoms with Gasteiger partial charge in [-0.25, -0.2) is 9.97 Å². The summed E-state index contributed by atoms with van der Waals surface area (Å²) in [5.41, 5.74) is 3.15. The zero-order valence-electron chi connectivity index (χ0n) is 14.5. The predicted molar refractivity (Wildman–Crippen MR) is 100 cm³/mol. The molecule has 3 heterocycles. The molecule has 0 unspecified atom stereocenters. The first kappa shape index (κ1) is 17.6. The molecule has 130 valence electrons. The summed E-state index contributed by atoms with van der Waals surface area (Å²) < 4.78 is 13.3. The number of rotatable bonds is 6. The van der Waals surface area contributed by atoms with E-state index in [0.29, 0.717) is 18.5 Å². The van der Waals surface area contributed by atoms with Crippen LogP contribution >= 0.6 is 11.6 Å². The molecule has 0 aliphatic carbocycles. The lowest BCUT2D eigenvalue weighted by molar-refractivity contribution is 0.0898. The molecule has 0 bridgehead atoms. The van der Waals surface area contributed by atoms with Crippen LogP contribution in [0.4, 0.5) is 0 Å². The summed E-state index contributed by atoms with van der Waals surface area (Å²) in [7, 11) is -1.08. The van der Waals surface area contributed by atoms with Crippen molar-refractivity contribution in [1.82, 2.24) is 14.5 Å². The van der Waals surface area contributed by atoms with Crippen LogP contribution in [0.25, 0.3) is 16.6 Å². The van der Waals surface area contributed by atoms with Crippen LogP contribution in [0.3, 0.4) is 0 Å². The highest BCUT2D eigenvalue weighted by molar-refractivity contribution is 6.76. The highest BCUT2D eigenvalue weighted by Gasteiger charge is 2.18. The van der Waals surface area contributed by atoms with Crippen LogP contribution in [-0.2, 0) is 16.2 Å². The van der Waals surface area contributed by atoms with Crippen LogP contribution in [0.1, 0.15) is 12.0 Å². The van der Waals surface area contributed by atoms with Gasteiger partial charge in [-0.05, 0) is 18.0 Å². The van der Waals surface area contributed by atoms with Crippen molar-refractivity contribution in [3.05, 3.63) is 29.3 Å². The number of hydrogen-bond donors (Lipinski definition) is 0. The molecular weight excluding hydrogens is 342 g/mol. The van der Waals surface area contributed by atoms with Gasteiger partial charge < -0.3 is 14.0 Å². The van der Waals surface area contributed by atoms with Crippen LogP contribution < -0.4 is 0 Å². The summed E-state index contributed by atoms with van der Waals surface area (Å²) in [5.74, 6) is 0. The molecule has 0 aromatic carbocycles. The van der Waals surface area contributed by atoms with E-state index in [1.54, 1.807) is 0 Å². The Morgan fingerprint density at radius 2 is 2.17 bits per heavy atom. The molecule has 1 aliphatic heterocycles. The normalized spacial score (nSPS) is 15.8. The van der Waals surface area contributed by atoms with Gasteiger partial charge in [0.25, 0.3) is 0 Å². The molecule has 0 saturated heterocycles. The number of halogens is 1. The van der Waals surface area contributed by atoms with Gasteiger partial charge in [0.05, 0.1) is 18.6 Å². The summed E-state index contributed by atoms with van der Waals surface area (Å²) in [4.78, 5) is 8.57. The maximum absolute atomic E-state index is 6.36. The van der Waals surface area contributed by atoms with E-state index in [0.717, 1.165) is 42.3 Å². The Morgan fingerprint density at radius 1 is 1.33 bits per heavy atom. The summed E-state index contributed by atoms with van der Waals surface area (Å²) in [6.45, 7) is 9.69. The second-order valence-electron chi connectivity index (χ2n) is 7.28. The number of ether oxygens (including phenoxy) is 2. The number of nitrogens with zero attached hydrogens (tertiary/aromatic N) is 3. The van der Waals surface area contributed by atoms with E-state index in [1.165, 1.54) is 11.9 Å². The van der Waals surface area contributed by atoms with Crippen molar-refractivity contribution in [3.63, 3.8) is 0 Å². The zero-order valence-corrected chi connectivity index (χ0v) is 16.3. The van der Waals surface area contributed by atoms with Gasteiger partial charge in [0.1, 0.15) is 23.9 Å². The minimum atomic E-state index is -1.08. The van der Waals surface area contributed by atoms with E-state index < -0.39 is 8.07 Å². The lowest BCUT2D eigenvalue weighted by Gasteiger charge is -2.15. The number of hydrogen-bond acceptors (Lipinski definition) is 4. The summed E-state index contributed by atoms with van der Waals surface area (Å²) >= 11 is 6.36. The van der Waals surface area contributed by atoms with Crippen molar-refractivity contribution < 1.29 is 9.47 Å². The number of aromatic nitrogens is 3. The first-order valence-electron chi connectivity index (χ1n) is 8.30. The van der Waals surface area contributed by atoms with Crippen molar-refractivity contribution in [3.8, 4) is 0 Å². The van der Waals surface area contributed by atoms with Crippen molar-refractivity contribution in [2.24, 2.45) is 0 Å². The molecule has 0 amide bonds. The van der Waals surface area contributed by atoms with Crippen LogP contribution in [0, 0.1) is 0 Å². The van der Waals surface area contributed by atoms with Crippen LogP contribution in [0.2, 0.25) is 30.8 Å². The molecule has 0 radical (unpaired) electrons. The average Bonchev–Trinajstić information content (AvgIpc) is 2.92. The Labute approximate surface area is 148 Å². The van der Waals surface area contributed by atoms with Gasteiger partial charge in [-0.1, -0.05) is 37.3 Å². The van der Waals surface area contributed by atoms with Gasteiger partial charge >= 0.3 is 0 Å². The number of fused-ring (bicyclic) bond motifs is 1. The average molecular weight is 366 g/mol. The van der Waals surface area contributed by atoms with E-state index in [9.17, 15) is 0 Å². The molecule has 2 aromatic rings. The first-order valence-corrected chi connectivity index (χ1v) is 12.4. The van der Waals surface area contributed by atoms with Crippen molar-refractivity contribution in [2.75, 3.05) is 19.8 Å². The third-order valence-corrected chi connectivity index (χ3v) is 6.13. The van der Waals surface area contributed by atoms with Crippen LogP contribution in [0.15, 0.2) is 18.6 Å². The van der Waals surface area contributed by atoms with E-state index in [-0.39, 0.29) is 0 Å². The Hall–Kier alpha value is -1.21. The Morgan fingerprint density at radius 3 is 2.88 bits per heavy atom. The van der Waals surface area contributed by atoms with E-state index in [1.807, 2.05) is 4.57 Å². The van der Waals surface area contributed by atoms with E-state index in [2.05, 4.69) is 41.9 Å². The standard InChI is InChI=1S/C17H24ClN3O2Si/c1-24(2,3)9-8-23-12-21-10-14(13-4-6-22-7-5-13)15-16(18)19-11-20-17(15)21/h4,10-11H,5-9,12H2,1-3H3. The molecular formula is C17H24ClN3O2Si. The zero-order chi connectivity index (χ0) is 17.2. The highest BCUT2D eigenvalue weighted by atomic mass is 35.5. The maximum Gasteiger partial charge on any atom is 0.147 e. The predicted octanol–water partition coefficient (Wildman–Crippen LogP) is 4.20. The molecule has 7 heteroatoms. The molecule has 0 spiro atoms. The fraction of sp³-hybridized carbons (Fsp3) is 0.529. The molecule has 0 saturated carbocycles. The summed E-state index contributed by atoms with van der Waals surface area (Å²) in [5, 5.41) is 1.39. The van der Waals surface area contributed by atoms with Crippen molar-refractivity contribution >= 4 is 36.3 Å². The first-order chi connectivity index (χ1) is 11.5. The fourth-order valence-corrected chi connectivity index (χ4v) is 3.73. The largest absolute Gasteiger partial charge is 0.377 e. The van der Waals surface area contributed by atoms with Gasteiger partial charge in [0.15, 0.2) is 0 Å². The Kier molecular flexibility index (Phi) is 5.39. The van der Waals surface area contributed by atoms with E-state index in [4.69, 9.17) is 21.1 Å². The Bertz CT molecular complexity index is 752. The van der Waals surface area contributed by atoms with Crippen molar-refractivity contribution in [1.29, 1.82) is 0 Å². The Balaban J connectivity index is 1.86. The minimum Gasteiger partial charge on any atom is -0.377 e. The maximum atomic E-state index is 6.36. The third kappa shape index (κ3) is 4.06. The molecule has 5 nitrogen and oxygen atoms in total. The third-order valence-electron chi connectivity index (χ3n) is 4.14. The molecule has 0 fully saturated rings. The molecule has 2 aromatic heterocycles. The quantitative estimate of drug-likeness (QED) is 0.437. The molecule has 0 N–H and O–H groups in total. The second-order valence-corrected chi connectivity index (χ2v) is 13.3. The van der Waals surface area contributed by atoms with Gasteiger partial charge in [-0.15, -0.1) is 0 Å². The molecule has 0 atom stereocenters. The summed E-state index contributed by atoms with van der Waals surface area (Å²) in [6.07, 6.45) is 6.57. The van der Waals surface area contributed by atoms with E-state index >= 15 is 0 Å². The smallest absolute Gasteiger partial charge is 0.147 e. The monoisotopic (exact) mass is 365 g/mol. The molecule has 24 heavy (non-hydrogen) atoms. The fourth-order valence-electron chi connectivity index (χ4n) is 2.74. The molecule has 3 rings (SSSR count). The second kappa shape index (κ2) is 7.35. The van der Waals surface area contributed by atoms with Crippen molar-refractivity contribution in [2.45, 2.75) is 38.8 Å². The lowest BCUT2D eigenvalue weighted by atomic mass is 10.0. The van der Waals surface area contributed by atoms with Gasteiger partial charge in [-0.2, -0.15) is 0 Å². The minimum absolute atomic E-state index is 0.484. The SMILES string of the molecule is C[Si](C)(C)CCOCn1cc(C2=CCOCC2)c2c(Cl)ncnc21. The van der Waals surface area contributed by atoms with Crippen LogP contribution in [-0.4, -0.2) is 42.4 Å². The topological polar surface area (TPSA) is 49.2 Å². The van der Waals surface area contributed by atoms with Gasteiger partial charge in [0, 0.05) is 26.4 Å². The van der Waals surface area contributed by atoms with Crippen LogP contribution in [0.5, 0.6) is 0 Å². The van der Waals surface area contributed by atoms with Gasteiger partial charge in [-0.3, -0.25) is 0 Å². The molecule has 1 aliphatic rings. The van der Waals surface area contributed by atoms with Gasteiger partial charge in [0.2, 0.25) is 0 Å². The summed E-state index contributed by atoms with van der Waals surface area (Å²) in [6, 6.07) is 1.15. The highest BCUT2D eigenvalue weighted by Crippen LogP contribution is 2.33.